The summed E-state index contributed by atoms with van der Waals surface area (Å²) in [6.07, 6.45) is 0.234. The number of hydrogen-bond acceptors (Lipinski definition) is 6. The van der Waals surface area contributed by atoms with Crippen molar-refractivity contribution < 1.29 is 9.47 Å². The van der Waals surface area contributed by atoms with Gasteiger partial charge in [0.2, 0.25) is 0 Å². The minimum atomic E-state index is 0.117. The summed E-state index contributed by atoms with van der Waals surface area (Å²) >= 11 is 0. The molecule has 168 valence electrons. The molecular weight excluding hydrogens is 404 g/mol. The highest BCUT2D eigenvalue weighted by atomic mass is 16.5. The Morgan fingerprint density at radius 1 is 0.750 bits per heavy atom. The first-order chi connectivity index (χ1) is 15.8. The number of hydrogen-bond donors (Lipinski definition) is 2. The standard InChI is InChI=1S/2C12H15N3O/c2*1-13-8-11-12-9-4-2-3-5-10(9)14-15(12)6-7-16-11/h2*2-5,11,13H,6-8H2,1H3/t2*11-/m10/s1. The molecule has 32 heavy (non-hydrogen) atoms. The number of benzene rings is 2. The molecule has 2 atom stereocenters. The van der Waals surface area contributed by atoms with Crippen LogP contribution in [0, 0.1) is 0 Å². The molecule has 0 aliphatic carbocycles. The van der Waals surface area contributed by atoms with Crippen LogP contribution in [0.1, 0.15) is 23.6 Å². The van der Waals surface area contributed by atoms with Crippen molar-refractivity contribution in [3.05, 3.63) is 59.9 Å². The molecule has 2 aromatic heterocycles. The van der Waals surface area contributed by atoms with Gasteiger partial charge in [-0.05, 0) is 26.2 Å². The van der Waals surface area contributed by atoms with Crippen molar-refractivity contribution in [2.45, 2.75) is 25.3 Å². The van der Waals surface area contributed by atoms with E-state index in [2.05, 4.69) is 66.6 Å². The van der Waals surface area contributed by atoms with E-state index in [-0.39, 0.29) is 12.2 Å². The lowest BCUT2D eigenvalue weighted by molar-refractivity contribution is 0.0194. The van der Waals surface area contributed by atoms with Crippen molar-refractivity contribution >= 4 is 21.8 Å². The van der Waals surface area contributed by atoms with Crippen molar-refractivity contribution in [2.24, 2.45) is 0 Å². The molecule has 4 aromatic rings. The number of likely N-dealkylation sites (N-methyl/N-ethyl adjacent to an activating group) is 2. The molecular formula is C24H30N6O2. The molecule has 4 heterocycles. The average molecular weight is 435 g/mol. The van der Waals surface area contributed by atoms with Crippen LogP contribution < -0.4 is 10.6 Å². The van der Waals surface area contributed by atoms with Gasteiger partial charge in [-0.2, -0.15) is 10.2 Å². The first-order valence-electron chi connectivity index (χ1n) is 11.2. The molecule has 0 bridgehead atoms. The summed E-state index contributed by atoms with van der Waals surface area (Å²) < 4.78 is 15.7. The Balaban J connectivity index is 0.000000135. The zero-order chi connectivity index (χ0) is 21.9. The van der Waals surface area contributed by atoms with Gasteiger partial charge in [-0.15, -0.1) is 0 Å². The van der Waals surface area contributed by atoms with Gasteiger partial charge in [0.15, 0.2) is 0 Å². The molecule has 6 rings (SSSR count). The van der Waals surface area contributed by atoms with E-state index in [9.17, 15) is 0 Å². The molecule has 0 fully saturated rings. The van der Waals surface area contributed by atoms with Crippen LogP contribution in [0.3, 0.4) is 0 Å². The van der Waals surface area contributed by atoms with E-state index in [0.29, 0.717) is 0 Å². The second kappa shape index (κ2) is 9.38. The molecule has 0 radical (unpaired) electrons. The number of nitrogens with one attached hydrogen (secondary N) is 2. The zero-order valence-electron chi connectivity index (χ0n) is 18.6. The van der Waals surface area contributed by atoms with Crippen molar-refractivity contribution in [1.82, 2.24) is 30.2 Å². The highest BCUT2D eigenvalue weighted by Crippen LogP contribution is 2.30. The molecule has 0 spiro atoms. The van der Waals surface area contributed by atoms with Crippen LogP contribution >= 0.6 is 0 Å². The maximum atomic E-state index is 5.79. The predicted octanol–water partition coefficient (Wildman–Crippen LogP) is 2.65. The summed E-state index contributed by atoms with van der Waals surface area (Å²) in [6.45, 7) is 4.85. The van der Waals surface area contributed by atoms with Crippen LogP contribution in [0.2, 0.25) is 0 Å². The molecule has 2 aliphatic heterocycles. The Labute approximate surface area is 187 Å². The molecule has 2 aromatic carbocycles. The van der Waals surface area contributed by atoms with Gasteiger partial charge in [-0.3, -0.25) is 9.36 Å². The lowest BCUT2D eigenvalue weighted by atomic mass is 10.1. The topological polar surface area (TPSA) is 78.2 Å². The van der Waals surface area contributed by atoms with Gasteiger partial charge in [-0.25, -0.2) is 0 Å². The summed E-state index contributed by atoms with van der Waals surface area (Å²) in [5.74, 6) is 0. The fourth-order valence-corrected chi connectivity index (χ4v) is 4.62. The third-order valence-corrected chi connectivity index (χ3v) is 6.01. The Hall–Kier alpha value is -2.78. The Morgan fingerprint density at radius 2 is 1.19 bits per heavy atom. The minimum Gasteiger partial charge on any atom is -0.369 e. The van der Waals surface area contributed by atoms with Crippen LogP contribution in [0.4, 0.5) is 0 Å². The number of ether oxygens (including phenoxy) is 2. The Bertz CT molecular complexity index is 1110. The molecule has 8 heteroatoms. The monoisotopic (exact) mass is 434 g/mol. The Morgan fingerprint density at radius 3 is 1.62 bits per heavy atom. The van der Waals surface area contributed by atoms with Crippen molar-refractivity contribution in [3.8, 4) is 0 Å². The highest BCUT2D eigenvalue weighted by Gasteiger charge is 2.25. The first kappa shape index (κ1) is 21.1. The van der Waals surface area contributed by atoms with E-state index < -0.39 is 0 Å². The molecule has 2 N–H and O–H groups in total. The third-order valence-electron chi connectivity index (χ3n) is 6.01. The maximum absolute atomic E-state index is 5.79. The molecule has 0 amide bonds. The molecule has 0 saturated carbocycles. The van der Waals surface area contributed by atoms with Crippen LogP contribution in [-0.4, -0.2) is 60.0 Å². The van der Waals surface area contributed by atoms with Gasteiger partial charge in [0.25, 0.3) is 0 Å². The molecule has 0 saturated heterocycles. The molecule has 2 aliphatic rings. The summed E-state index contributed by atoms with van der Waals surface area (Å²) in [4.78, 5) is 0. The summed E-state index contributed by atoms with van der Waals surface area (Å²) in [7, 11) is 3.89. The highest BCUT2D eigenvalue weighted by molar-refractivity contribution is 5.82. The fourth-order valence-electron chi connectivity index (χ4n) is 4.62. The van der Waals surface area contributed by atoms with Gasteiger partial charge in [0, 0.05) is 23.9 Å². The van der Waals surface area contributed by atoms with E-state index in [1.165, 1.54) is 22.2 Å². The number of aromatic nitrogens is 4. The van der Waals surface area contributed by atoms with E-state index in [1.54, 1.807) is 0 Å². The van der Waals surface area contributed by atoms with Gasteiger partial charge < -0.3 is 20.1 Å². The zero-order valence-corrected chi connectivity index (χ0v) is 18.6. The van der Waals surface area contributed by atoms with Gasteiger partial charge in [-0.1, -0.05) is 36.4 Å². The summed E-state index contributed by atoms with van der Waals surface area (Å²) in [5.41, 5.74) is 4.53. The predicted molar refractivity (Wildman–Crippen MR) is 125 cm³/mol. The van der Waals surface area contributed by atoms with Gasteiger partial charge >= 0.3 is 0 Å². The minimum absolute atomic E-state index is 0.117. The second-order valence-electron chi connectivity index (χ2n) is 8.09. The summed E-state index contributed by atoms with van der Waals surface area (Å²) in [5, 5.41) is 17.9. The van der Waals surface area contributed by atoms with Crippen molar-refractivity contribution in [3.63, 3.8) is 0 Å². The quantitative estimate of drug-likeness (QED) is 0.514. The number of fused-ring (bicyclic) bond motifs is 6. The number of nitrogens with zero attached hydrogens (tertiary/aromatic N) is 4. The van der Waals surface area contributed by atoms with E-state index in [0.717, 1.165) is 50.4 Å². The summed E-state index contributed by atoms with van der Waals surface area (Å²) in [6, 6.07) is 16.5. The third kappa shape index (κ3) is 3.91. The maximum Gasteiger partial charge on any atom is 0.112 e. The molecule has 0 unspecified atom stereocenters. The number of rotatable bonds is 4. The van der Waals surface area contributed by atoms with E-state index in [1.807, 2.05) is 26.2 Å². The van der Waals surface area contributed by atoms with E-state index in [4.69, 9.17) is 9.47 Å². The fraction of sp³-hybridized carbons (Fsp3) is 0.417. The molecule has 8 nitrogen and oxygen atoms in total. The van der Waals surface area contributed by atoms with Gasteiger partial charge in [0.1, 0.15) is 12.2 Å². The Kier molecular flexibility index (Phi) is 6.18. The van der Waals surface area contributed by atoms with Crippen LogP contribution in [0.25, 0.3) is 21.8 Å². The lowest BCUT2D eigenvalue weighted by Crippen LogP contribution is -2.28. The normalized spacial score (nSPS) is 19.9. The second-order valence-corrected chi connectivity index (χ2v) is 8.09. The van der Waals surface area contributed by atoms with Crippen molar-refractivity contribution in [1.29, 1.82) is 0 Å². The van der Waals surface area contributed by atoms with Gasteiger partial charge in [0.05, 0.1) is 48.7 Å². The van der Waals surface area contributed by atoms with Crippen LogP contribution in [0.15, 0.2) is 48.5 Å². The van der Waals surface area contributed by atoms with E-state index >= 15 is 0 Å². The van der Waals surface area contributed by atoms with Crippen molar-refractivity contribution in [2.75, 3.05) is 40.4 Å². The smallest absolute Gasteiger partial charge is 0.112 e. The first-order valence-corrected chi connectivity index (χ1v) is 11.2. The average Bonchev–Trinajstić information content (AvgIpc) is 3.39. The lowest BCUT2D eigenvalue weighted by Gasteiger charge is -2.24. The van der Waals surface area contributed by atoms with Crippen LogP contribution in [0.5, 0.6) is 0 Å². The SMILES string of the molecule is CNC[C@@H]1OCCn2nc3ccccc3c21.CNC[C@H]1OCCn2nc3ccccc3c21. The van der Waals surface area contributed by atoms with Crippen LogP contribution in [-0.2, 0) is 22.6 Å². The largest absolute Gasteiger partial charge is 0.369 e.